The first-order valence-electron chi connectivity index (χ1n) is 9.76. The summed E-state index contributed by atoms with van der Waals surface area (Å²) < 4.78 is 11.1. The second-order valence-corrected chi connectivity index (χ2v) is 7.46. The average molecular weight is 438 g/mol. The van der Waals surface area contributed by atoms with E-state index in [0.29, 0.717) is 34.4 Å². The van der Waals surface area contributed by atoms with Crippen LogP contribution < -0.4 is 9.64 Å². The third-order valence-electron chi connectivity index (χ3n) is 5.14. The maximum Gasteiger partial charge on any atom is 0.300 e. The molecule has 3 aromatic rings. The molecule has 1 aliphatic heterocycles. The third kappa shape index (κ3) is 3.59. The van der Waals surface area contributed by atoms with Crippen LogP contribution in [0.25, 0.3) is 5.76 Å². The van der Waals surface area contributed by atoms with Crippen LogP contribution in [0.1, 0.15) is 29.9 Å². The maximum absolute atomic E-state index is 13.1. The molecular weight excluding hydrogens is 418 g/mol. The van der Waals surface area contributed by atoms with Crippen molar-refractivity contribution in [2.45, 2.75) is 19.9 Å². The highest BCUT2D eigenvalue weighted by Crippen LogP contribution is 2.43. The van der Waals surface area contributed by atoms with Gasteiger partial charge in [-0.2, -0.15) is 0 Å². The summed E-state index contributed by atoms with van der Waals surface area (Å²) in [6.07, 6.45) is 1.46. The van der Waals surface area contributed by atoms with Gasteiger partial charge in [0.05, 0.1) is 23.5 Å². The second kappa shape index (κ2) is 8.32. The van der Waals surface area contributed by atoms with Gasteiger partial charge in [0.25, 0.3) is 11.7 Å². The predicted molar refractivity (Wildman–Crippen MR) is 117 cm³/mol. The van der Waals surface area contributed by atoms with E-state index in [9.17, 15) is 14.7 Å². The Morgan fingerprint density at radius 2 is 1.94 bits per heavy atom. The molecule has 1 unspecified atom stereocenters. The van der Waals surface area contributed by atoms with E-state index in [-0.39, 0.29) is 11.3 Å². The van der Waals surface area contributed by atoms with Gasteiger partial charge in [-0.05, 0) is 55.8 Å². The minimum atomic E-state index is -0.915. The summed E-state index contributed by atoms with van der Waals surface area (Å²) in [4.78, 5) is 27.5. The number of hydrogen-bond donors (Lipinski definition) is 1. The van der Waals surface area contributed by atoms with Gasteiger partial charge in [0.2, 0.25) is 0 Å². The number of aliphatic hydroxyl groups excluding tert-OH is 1. The Balaban J connectivity index is 1.92. The van der Waals surface area contributed by atoms with E-state index in [0.717, 1.165) is 5.56 Å². The molecule has 0 saturated carbocycles. The number of carbonyl (C=O) groups is 2. The van der Waals surface area contributed by atoms with Crippen molar-refractivity contribution in [2.75, 3.05) is 11.5 Å². The summed E-state index contributed by atoms with van der Waals surface area (Å²) in [5.74, 6) is -1.13. The highest BCUT2D eigenvalue weighted by atomic mass is 35.5. The van der Waals surface area contributed by atoms with Gasteiger partial charge in [-0.3, -0.25) is 14.5 Å². The lowest BCUT2D eigenvalue weighted by molar-refractivity contribution is -0.132. The molecule has 2 aromatic carbocycles. The number of ether oxygens (including phenoxy) is 1. The number of carbonyl (C=O) groups excluding carboxylic acids is 2. The van der Waals surface area contributed by atoms with Crippen molar-refractivity contribution >= 4 is 34.7 Å². The number of hydrogen-bond acceptors (Lipinski definition) is 5. The fourth-order valence-electron chi connectivity index (χ4n) is 3.70. The van der Waals surface area contributed by atoms with Crippen molar-refractivity contribution < 1.29 is 23.8 Å². The number of halogens is 1. The van der Waals surface area contributed by atoms with Crippen molar-refractivity contribution in [2.24, 2.45) is 0 Å². The molecule has 158 valence electrons. The summed E-state index contributed by atoms with van der Waals surface area (Å²) in [5.41, 5.74) is 1.63. The summed E-state index contributed by atoms with van der Waals surface area (Å²) >= 11 is 6.15. The first kappa shape index (κ1) is 20.8. The molecule has 6 nitrogen and oxygen atoms in total. The van der Waals surface area contributed by atoms with E-state index >= 15 is 0 Å². The fraction of sp³-hybridized carbons (Fsp3) is 0.167. The van der Waals surface area contributed by atoms with Crippen molar-refractivity contribution in [1.82, 2.24) is 0 Å². The maximum atomic E-state index is 13.1. The number of amides is 1. The Morgan fingerprint density at radius 3 is 2.61 bits per heavy atom. The van der Waals surface area contributed by atoms with Crippen LogP contribution in [0, 0.1) is 6.92 Å². The number of nitrogens with zero attached hydrogens (tertiary/aromatic N) is 1. The van der Waals surface area contributed by atoms with E-state index in [1.807, 2.05) is 26.0 Å². The van der Waals surface area contributed by atoms with Crippen molar-refractivity contribution in [3.8, 4) is 5.75 Å². The lowest BCUT2D eigenvalue weighted by atomic mass is 9.99. The SMILES string of the molecule is CCOc1cc(/C(O)=C2/C(=O)C(=O)N(c3ccccc3C)C2c2ccco2)ccc1Cl. The summed E-state index contributed by atoms with van der Waals surface area (Å²) in [5, 5.41) is 11.5. The van der Waals surface area contributed by atoms with Crippen molar-refractivity contribution in [3.05, 3.63) is 88.3 Å². The molecule has 1 fully saturated rings. The number of benzene rings is 2. The molecule has 2 heterocycles. The standard InChI is InChI=1S/C24H20ClNO5/c1-3-30-19-13-15(10-11-16(19)25)22(27)20-21(18-9-6-12-31-18)26(24(29)23(20)28)17-8-5-4-7-14(17)2/h4-13,21,27H,3H2,1-2H3/b22-20-. The van der Waals surface area contributed by atoms with E-state index in [1.54, 1.807) is 42.5 Å². The molecular formula is C24H20ClNO5. The zero-order valence-corrected chi connectivity index (χ0v) is 17.7. The lowest BCUT2D eigenvalue weighted by Crippen LogP contribution is -2.29. The Bertz CT molecular complexity index is 1180. The summed E-state index contributed by atoms with van der Waals surface area (Å²) in [7, 11) is 0. The second-order valence-electron chi connectivity index (χ2n) is 7.05. The highest BCUT2D eigenvalue weighted by Gasteiger charge is 2.48. The molecule has 1 aromatic heterocycles. The zero-order valence-electron chi connectivity index (χ0n) is 17.0. The number of rotatable bonds is 5. The van der Waals surface area contributed by atoms with Gasteiger partial charge in [0.15, 0.2) is 0 Å². The molecule has 0 spiro atoms. The quantitative estimate of drug-likeness (QED) is 0.334. The number of furan rings is 1. The number of aryl methyl sites for hydroxylation is 1. The van der Waals surface area contributed by atoms with Gasteiger partial charge < -0.3 is 14.3 Å². The van der Waals surface area contributed by atoms with Gasteiger partial charge in [-0.1, -0.05) is 29.8 Å². The third-order valence-corrected chi connectivity index (χ3v) is 5.45. The number of para-hydroxylation sites is 1. The van der Waals surface area contributed by atoms with E-state index < -0.39 is 17.7 Å². The summed E-state index contributed by atoms with van der Waals surface area (Å²) in [6.45, 7) is 4.04. The van der Waals surface area contributed by atoms with Gasteiger partial charge in [0, 0.05) is 11.3 Å². The van der Waals surface area contributed by atoms with Crippen molar-refractivity contribution in [1.29, 1.82) is 0 Å². The van der Waals surface area contributed by atoms with Crippen LogP contribution in [-0.2, 0) is 9.59 Å². The van der Waals surface area contributed by atoms with Crippen LogP contribution in [-0.4, -0.2) is 23.4 Å². The predicted octanol–water partition coefficient (Wildman–Crippen LogP) is 5.27. The first-order valence-corrected chi connectivity index (χ1v) is 10.1. The monoisotopic (exact) mass is 437 g/mol. The topological polar surface area (TPSA) is 80.0 Å². The van der Waals surface area contributed by atoms with Gasteiger partial charge in [0.1, 0.15) is 23.3 Å². The largest absolute Gasteiger partial charge is 0.507 e. The molecule has 0 aliphatic carbocycles. The van der Waals surface area contributed by atoms with Crippen LogP contribution in [0.4, 0.5) is 5.69 Å². The van der Waals surface area contributed by atoms with E-state index in [1.165, 1.54) is 11.2 Å². The van der Waals surface area contributed by atoms with Crippen LogP contribution in [0.5, 0.6) is 5.75 Å². The van der Waals surface area contributed by atoms with Crippen molar-refractivity contribution in [3.63, 3.8) is 0 Å². The Labute approximate surface area is 184 Å². The molecule has 7 heteroatoms. The normalized spacial score (nSPS) is 17.9. The van der Waals surface area contributed by atoms with Crippen LogP contribution >= 0.6 is 11.6 Å². The molecule has 1 saturated heterocycles. The molecule has 4 rings (SSSR count). The Morgan fingerprint density at radius 1 is 1.16 bits per heavy atom. The van der Waals surface area contributed by atoms with E-state index in [2.05, 4.69) is 0 Å². The smallest absolute Gasteiger partial charge is 0.300 e. The molecule has 1 amide bonds. The lowest BCUT2D eigenvalue weighted by Gasteiger charge is -2.24. The average Bonchev–Trinajstić information content (AvgIpc) is 3.37. The molecule has 0 radical (unpaired) electrons. The minimum absolute atomic E-state index is 0.0621. The number of Topliss-reactive ketones (excluding diaryl/α,β-unsaturated/α-hetero) is 1. The van der Waals surface area contributed by atoms with Gasteiger partial charge >= 0.3 is 0 Å². The fourth-order valence-corrected chi connectivity index (χ4v) is 3.88. The van der Waals surface area contributed by atoms with E-state index in [4.69, 9.17) is 20.8 Å². The van der Waals surface area contributed by atoms with Gasteiger partial charge in [-0.25, -0.2) is 0 Å². The zero-order chi connectivity index (χ0) is 22.1. The van der Waals surface area contributed by atoms with Crippen LogP contribution in [0.3, 0.4) is 0 Å². The van der Waals surface area contributed by atoms with Crippen LogP contribution in [0.2, 0.25) is 5.02 Å². The molecule has 1 aliphatic rings. The molecule has 31 heavy (non-hydrogen) atoms. The Hall–Kier alpha value is -3.51. The Kier molecular flexibility index (Phi) is 5.57. The first-order chi connectivity index (χ1) is 14.9. The number of ketones is 1. The van der Waals surface area contributed by atoms with Gasteiger partial charge in [-0.15, -0.1) is 0 Å². The minimum Gasteiger partial charge on any atom is -0.507 e. The van der Waals surface area contributed by atoms with Crippen LogP contribution in [0.15, 0.2) is 70.9 Å². The highest BCUT2D eigenvalue weighted by molar-refractivity contribution is 6.51. The number of aliphatic hydroxyl groups is 1. The summed E-state index contributed by atoms with van der Waals surface area (Å²) in [6, 6.07) is 14.3. The number of anilines is 1. The molecule has 0 bridgehead atoms. The molecule has 1 atom stereocenters. The molecule has 1 N–H and O–H groups in total.